The van der Waals surface area contributed by atoms with Crippen molar-refractivity contribution in [1.29, 1.82) is 0 Å². The first-order chi connectivity index (χ1) is 15.5. The van der Waals surface area contributed by atoms with Gasteiger partial charge in [-0.3, -0.25) is 9.59 Å². The third kappa shape index (κ3) is 3.36. The highest BCUT2D eigenvalue weighted by molar-refractivity contribution is 5.93. The molecule has 0 bridgehead atoms. The summed E-state index contributed by atoms with van der Waals surface area (Å²) in [4.78, 5) is 28.8. The monoisotopic (exact) mass is 436 g/mol. The summed E-state index contributed by atoms with van der Waals surface area (Å²) in [6.45, 7) is 4.15. The number of rotatable bonds is 6. The first-order valence-electron chi connectivity index (χ1n) is 9.61. The van der Waals surface area contributed by atoms with Gasteiger partial charge in [-0.25, -0.2) is 9.36 Å². The molecule has 0 saturated heterocycles. The summed E-state index contributed by atoms with van der Waals surface area (Å²) in [7, 11) is 0. The Bertz CT molecular complexity index is 1390. The zero-order valence-electron chi connectivity index (χ0n) is 17.0. The maximum atomic E-state index is 13.0. The van der Waals surface area contributed by atoms with Gasteiger partial charge in [0.15, 0.2) is 12.7 Å². The van der Waals surface area contributed by atoms with Gasteiger partial charge in [0.05, 0.1) is 35.9 Å². The van der Waals surface area contributed by atoms with Crippen LogP contribution in [0.15, 0.2) is 34.4 Å². The fourth-order valence-corrected chi connectivity index (χ4v) is 3.35. The number of aromatic nitrogens is 14. The van der Waals surface area contributed by atoms with E-state index < -0.39 is 0 Å². The number of fused-ring (bicyclic) bond motifs is 2. The SMILES string of the molecule is CC(Cn1ncnn1)n1nnc2cc3c(=O)n([C@H](C)Cn4ncnn4)nnc3cc2c1=O. The maximum Gasteiger partial charge on any atom is 0.277 e. The van der Waals surface area contributed by atoms with Crippen molar-refractivity contribution in [2.24, 2.45) is 0 Å². The van der Waals surface area contributed by atoms with Gasteiger partial charge in [-0.1, -0.05) is 10.4 Å². The minimum Gasteiger partial charge on any atom is -0.267 e. The molecule has 0 amide bonds. The summed E-state index contributed by atoms with van der Waals surface area (Å²) in [6, 6.07) is 2.24. The molecule has 0 spiro atoms. The van der Waals surface area contributed by atoms with E-state index in [0.717, 1.165) is 0 Å². The summed E-state index contributed by atoms with van der Waals surface area (Å²) in [5, 5.41) is 39.6. The molecule has 4 aromatic heterocycles. The van der Waals surface area contributed by atoms with Crippen LogP contribution in [-0.4, -0.2) is 70.4 Å². The first kappa shape index (κ1) is 19.5. The molecular formula is C16H16N14O2. The van der Waals surface area contributed by atoms with Crippen LogP contribution in [0.3, 0.4) is 0 Å². The Morgan fingerprint density at radius 2 is 1.16 bits per heavy atom. The zero-order valence-corrected chi connectivity index (χ0v) is 17.0. The second-order valence-corrected chi connectivity index (χ2v) is 7.24. The van der Waals surface area contributed by atoms with Crippen molar-refractivity contribution in [3.63, 3.8) is 0 Å². The van der Waals surface area contributed by atoms with Gasteiger partial charge in [0.25, 0.3) is 11.1 Å². The second kappa shape index (κ2) is 7.64. The minimum atomic E-state index is -0.380. The van der Waals surface area contributed by atoms with Gasteiger partial charge < -0.3 is 0 Å². The molecule has 5 rings (SSSR count). The number of hydrogen-bond donors (Lipinski definition) is 0. The summed E-state index contributed by atoms with van der Waals surface area (Å²) in [5.41, 5.74) is -0.179. The highest BCUT2D eigenvalue weighted by Crippen LogP contribution is 2.15. The quantitative estimate of drug-likeness (QED) is 0.278. The van der Waals surface area contributed by atoms with Gasteiger partial charge in [-0.2, -0.15) is 9.59 Å². The van der Waals surface area contributed by atoms with Gasteiger partial charge in [0.2, 0.25) is 0 Å². The van der Waals surface area contributed by atoms with Crippen LogP contribution >= 0.6 is 0 Å². The molecule has 0 fully saturated rings. The van der Waals surface area contributed by atoms with Crippen molar-refractivity contribution < 1.29 is 0 Å². The Labute approximate surface area is 177 Å². The third-order valence-corrected chi connectivity index (χ3v) is 4.96. The van der Waals surface area contributed by atoms with Crippen molar-refractivity contribution >= 4 is 21.8 Å². The average molecular weight is 436 g/mol. The van der Waals surface area contributed by atoms with E-state index in [9.17, 15) is 9.59 Å². The maximum absolute atomic E-state index is 13.0. The molecule has 4 heterocycles. The molecule has 16 heteroatoms. The molecule has 32 heavy (non-hydrogen) atoms. The van der Waals surface area contributed by atoms with E-state index in [2.05, 4.69) is 51.4 Å². The Morgan fingerprint density at radius 1 is 0.719 bits per heavy atom. The molecule has 0 radical (unpaired) electrons. The van der Waals surface area contributed by atoms with Crippen molar-refractivity contribution in [1.82, 2.24) is 70.4 Å². The van der Waals surface area contributed by atoms with Crippen LogP contribution in [0.2, 0.25) is 0 Å². The summed E-state index contributed by atoms with van der Waals surface area (Å²) in [5.74, 6) is 0. The van der Waals surface area contributed by atoms with Crippen molar-refractivity contribution in [2.45, 2.75) is 39.0 Å². The molecule has 2 atom stereocenters. The van der Waals surface area contributed by atoms with Gasteiger partial charge in [0, 0.05) is 0 Å². The highest BCUT2D eigenvalue weighted by atomic mass is 16.1. The van der Waals surface area contributed by atoms with E-state index in [1.54, 1.807) is 13.8 Å². The minimum absolute atomic E-state index is 0.275. The Hall–Kier alpha value is -4.50. The molecule has 5 aromatic rings. The molecule has 0 aliphatic rings. The summed E-state index contributed by atoms with van der Waals surface area (Å²) >= 11 is 0. The lowest BCUT2D eigenvalue weighted by Crippen LogP contribution is -2.31. The lowest BCUT2D eigenvalue weighted by atomic mass is 10.1. The van der Waals surface area contributed by atoms with Gasteiger partial charge >= 0.3 is 0 Å². The normalized spacial score (nSPS) is 13.6. The molecule has 1 aromatic carbocycles. The molecule has 162 valence electrons. The average Bonchev–Trinajstić information content (AvgIpc) is 3.48. The standard InChI is InChI=1S/C16H16N14O2/c1-9(5-27-19-7-17-23-27)29-15(31)11-3-14-12(4-13(11)21-25-29)16(32)30(26-22-14)10(2)6-28-20-8-18-24-28/h3-4,7-10H,5-6H2,1-2H3/t9-,10?/m1/s1. The number of tetrazole rings is 2. The highest BCUT2D eigenvalue weighted by Gasteiger charge is 2.18. The van der Waals surface area contributed by atoms with Crippen LogP contribution in [0.1, 0.15) is 25.9 Å². The number of benzene rings is 1. The molecule has 1 unspecified atom stereocenters. The van der Waals surface area contributed by atoms with E-state index in [0.29, 0.717) is 0 Å². The van der Waals surface area contributed by atoms with Gasteiger partial charge in [-0.05, 0) is 36.4 Å². The van der Waals surface area contributed by atoms with Gasteiger partial charge in [-0.15, -0.1) is 30.6 Å². The number of hydrogen-bond acceptors (Lipinski definition) is 12. The lowest BCUT2D eigenvalue weighted by Gasteiger charge is -2.13. The van der Waals surface area contributed by atoms with E-state index >= 15 is 0 Å². The van der Waals surface area contributed by atoms with Crippen LogP contribution in [0, 0.1) is 0 Å². The molecular weight excluding hydrogens is 420 g/mol. The molecule has 0 aliphatic heterocycles. The van der Waals surface area contributed by atoms with Crippen molar-refractivity contribution in [3.05, 3.63) is 45.5 Å². The van der Waals surface area contributed by atoms with E-state index in [1.165, 1.54) is 43.7 Å². The van der Waals surface area contributed by atoms with Crippen LogP contribution in [-0.2, 0) is 13.1 Å². The number of nitrogens with zero attached hydrogens (tertiary/aromatic N) is 14. The van der Waals surface area contributed by atoms with Crippen molar-refractivity contribution in [2.75, 3.05) is 0 Å². The first-order valence-corrected chi connectivity index (χ1v) is 9.61. The smallest absolute Gasteiger partial charge is 0.267 e. The van der Waals surface area contributed by atoms with Gasteiger partial charge in [0.1, 0.15) is 11.0 Å². The Morgan fingerprint density at radius 3 is 1.53 bits per heavy atom. The molecule has 0 N–H and O–H groups in total. The van der Waals surface area contributed by atoms with E-state index in [-0.39, 0.29) is 58.1 Å². The zero-order chi connectivity index (χ0) is 22.2. The lowest BCUT2D eigenvalue weighted by molar-refractivity contribution is 0.353. The summed E-state index contributed by atoms with van der Waals surface area (Å²) in [6.07, 6.45) is 2.62. The summed E-state index contributed by atoms with van der Waals surface area (Å²) < 4.78 is 2.47. The van der Waals surface area contributed by atoms with Crippen LogP contribution in [0.5, 0.6) is 0 Å². The third-order valence-electron chi connectivity index (χ3n) is 4.96. The van der Waals surface area contributed by atoms with Crippen LogP contribution in [0.4, 0.5) is 0 Å². The van der Waals surface area contributed by atoms with E-state index in [1.807, 2.05) is 0 Å². The Kier molecular flexibility index (Phi) is 4.65. The van der Waals surface area contributed by atoms with E-state index in [4.69, 9.17) is 0 Å². The largest absolute Gasteiger partial charge is 0.277 e. The van der Waals surface area contributed by atoms with Crippen LogP contribution < -0.4 is 11.1 Å². The molecule has 16 nitrogen and oxygen atoms in total. The van der Waals surface area contributed by atoms with Crippen molar-refractivity contribution in [3.8, 4) is 0 Å². The predicted octanol–water partition coefficient (Wildman–Crippen LogP) is -1.61. The fraction of sp³-hybridized carbons (Fsp3) is 0.375. The Balaban J connectivity index is 1.54. The second-order valence-electron chi connectivity index (χ2n) is 7.24. The molecule has 0 saturated carbocycles. The van der Waals surface area contributed by atoms with Crippen LogP contribution in [0.25, 0.3) is 21.8 Å². The topological polar surface area (TPSA) is 183 Å². The predicted molar refractivity (Wildman–Crippen MR) is 106 cm³/mol. The molecule has 0 aliphatic carbocycles. The fourth-order valence-electron chi connectivity index (χ4n) is 3.35.